The second-order valence-electron chi connectivity index (χ2n) is 4.74. The number of aromatic nitrogens is 3. The fourth-order valence-electron chi connectivity index (χ4n) is 2.22. The lowest BCUT2D eigenvalue weighted by atomic mass is 10.0. The van der Waals surface area contributed by atoms with E-state index in [-0.39, 0.29) is 5.97 Å². The number of hydrogen-bond acceptors (Lipinski definition) is 6. The maximum atomic E-state index is 11.6. The first-order valence-corrected chi connectivity index (χ1v) is 6.59. The van der Waals surface area contributed by atoms with E-state index in [0.717, 1.165) is 11.1 Å². The van der Waals surface area contributed by atoms with Crippen molar-refractivity contribution in [2.24, 2.45) is 5.10 Å². The molecule has 0 aliphatic carbocycles. The first kappa shape index (κ1) is 12.5. The molecule has 22 heavy (non-hydrogen) atoms. The summed E-state index contributed by atoms with van der Waals surface area (Å²) in [5.41, 5.74) is 2.31. The number of ether oxygens (including phenoxy) is 1. The molecule has 0 unspecified atom stereocenters. The van der Waals surface area contributed by atoms with Crippen molar-refractivity contribution in [3.8, 4) is 11.3 Å². The third-order valence-electron chi connectivity index (χ3n) is 3.32. The van der Waals surface area contributed by atoms with Gasteiger partial charge in [0.1, 0.15) is 30.8 Å². The van der Waals surface area contributed by atoms with E-state index in [1.54, 1.807) is 18.3 Å². The molecule has 7 nitrogen and oxygen atoms in total. The lowest BCUT2D eigenvalue weighted by Crippen LogP contribution is -1.93. The molecule has 1 aliphatic rings. The molecule has 0 atom stereocenters. The van der Waals surface area contributed by atoms with Crippen LogP contribution in [0.2, 0.25) is 0 Å². The van der Waals surface area contributed by atoms with Crippen molar-refractivity contribution >= 4 is 12.2 Å². The van der Waals surface area contributed by atoms with Gasteiger partial charge in [0.15, 0.2) is 0 Å². The van der Waals surface area contributed by atoms with Crippen LogP contribution in [0, 0.1) is 0 Å². The molecule has 0 N–H and O–H groups in total. The number of esters is 1. The molecular weight excluding hydrogens is 284 g/mol. The highest BCUT2D eigenvalue weighted by Gasteiger charge is 2.21. The van der Waals surface area contributed by atoms with Crippen molar-refractivity contribution < 1.29 is 13.9 Å². The number of furan rings is 1. The lowest BCUT2D eigenvalue weighted by molar-refractivity contribution is 0.0535. The zero-order valence-electron chi connectivity index (χ0n) is 11.3. The number of hydrogen-bond donors (Lipinski definition) is 0. The maximum Gasteiger partial charge on any atom is 0.338 e. The van der Waals surface area contributed by atoms with Gasteiger partial charge in [0, 0.05) is 11.1 Å². The minimum absolute atomic E-state index is 0.294. The summed E-state index contributed by atoms with van der Waals surface area (Å²) in [5.74, 6) is 0.956. The smallest absolute Gasteiger partial charge is 0.338 e. The van der Waals surface area contributed by atoms with Gasteiger partial charge in [-0.2, -0.15) is 5.10 Å². The topological polar surface area (TPSA) is 82.5 Å². The van der Waals surface area contributed by atoms with Gasteiger partial charge in [-0.15, -0.1) is 10.2 Å². The molecule has 108 valence electrons. The summed E-state index contributed by atoms with van der Waals surface area (Å²) in [5, 5.41) is 11.4. The van der Waals surface area contributed by atoms with Gasteiger partial charge in [0.05, 0.1) is 11.8 Å². The van der Waals surface area contributed by atoms with Gasteiger partial charge in [-0.1, -0.05) is 12.1 Å². The monoisotopic (exact) mass is 294 g/mol. The summed E-state index contributed by atoms with van der Waals surface area (Å²) in [7, 11) is 0. The number of carbonyl (C=O) groups excluding carboxylic acids is 1. The molecule has 4 rings (SSSR count). The van der Waals surface area contributed by atoms with Crippen molar-refractivity contribution in [1.29, 1.82) is 0 Å². The van der Waals surface area contributed by atoms with E-state index < -0.39 is 0 Å². The van der Waals surface area contributed by atoms with Crippen molar-refractivity contribution in [2.45, 2.75) is 6.61 Å². The Bertz CT molecular complexity index is 865. The summed E-state index contributed by atoms with van der Waals surface area (Å²) in [4.78, 5) is 11.6. The first-order chi connectivity index (χ1) is 10.8. The zero-order chi connectivity index (χ0) is 14.9. The standard InChI is InChI=1S/C15H10N4O3/c20-15-13-5-10(1-2-11(13)7-21-15)14-4-3-12(22-14)6-18-19-8-16-17-9-19/h1-6,8-9H,7H2/b18-6-. The van der Waals surface area contributed by atoms with Gasteiger partial charge in [-0.3, -0.25) is 0 Å². The largest absolute Gasteiger partial charge is 0.457 e. The van der Waals surface area contributed by atoms with Crippen LogP contribution in [0.25, 0.3) is 11.3 Å². The zero-order valence-corrected chi connectivity index (χ0v) is 11.3. The molecule has 2 aromatic heterocycles. The van der Waals surface area contributed by atoms with E-state index >= 15 is 0 Å². The van der Waals surface area contributed by atoms with Crippen LogP contribution >= 0.6 is 0 Å². The predicted molar refractivity (Wildman–Crippen MR) is 76.3 cm³/mol. The normalized spacial score (nSPS) is 13.5. The number of rotatable bonds is 3. The average molecular weight is 294 g/mol. The molecule has 1 aliphatic heterocycles. The maximum absolute atomic E-state index is 11.6. The highest BCUT2D eigenvalue weighted by molar-refractivity contribution is 5.94. The van der Waals surface area contributed by atoms with Crippen LogP contribution in [0.15, 0.2) is 52.5 Å². The Morgan fingerprint density at radius 3 is 2.91 bits per heavy atom. The van der Waals surface area contributed by atoms with Crippen LogP contribution in [-0.4, -0.2) is 27.1 Å². The molecule has 1 aromatic carbocycles. The molecule has 0 radical (unpaired) electrons. The molecule has 0 spiro atoms. The second kappa shape index (κ2) is 4.96. The van der Waals surface area contributed by atoms with Crippen molar-refractivity contribution in [2.75, 3.05) is 0 Å². The first-order valence-electron chi connectivity index (χ1n) is 6.59. The Kier molecular flexibility index (Phi) is 2.82. The third-order valence-corrected chi connectivity index (χ3v) is 3.32. The number of carbonyl (C=O) groups is 1. The highest BCUT2D eigenvalue weighted by Crippen LogP contribution is 2.27. The number of nitrogens with zero attached hydrogens (tertiary/aromatic N) is 4. The van der Waals surface area contributed by atoms with E-state index in [9.17, 15) is 4.79 Å². The van der Waals surface area contributed by atoms with Gasteiger partial charge in [-0.25, -0.2) is 9.47 Å². The van der Waals surface area contributed by atoms with Crippen LogP contribution in [0.5, 0.6) is 0 Å². The van der Waals surface area contributed by atoms with E-state index in [1.165, 1.54) is 17.3 Å². The summed E-state index contributed by atoms with van der Waals surface area (Å²) >= 11 is 0. The Hall–Kier alpha value is -3.22. The van der Waals surface area contributed by atoms with Gasteiger partial charge in [-0.05, 0) is 18.2 Å². The Balaban J connectivity index is 1.62. The third kappa shape index (κ3) is 2.18. The van der Waals surface area contributed by atoms with Gasteiger partial charge in [0.2, 0.25) is 0 Å². The lowest BCUT2D eigenvalue weighted by Gasteiger charge is -1.99. The van der Waals surface area contributed by atoms with Gasteiger partial charge < -0.3 is 9.15 Å². The number of fused-ring (bicyclic) bond motifs is 1. The van der Waals surface area contributed by atoms with Gasteiger partial charge >= 0.3 is 5.97 Å². The molecule has 0 saturated heterocycles. The van der Waals surface area contributed by atoms with Crippen LogP contribution in [-0.2, 0) is 11.3 Å². The van der Waals surface area contributed by atoms with E-state index in [4.69, 9.17) is 9.15 Å². The number of benzene rings is 1. The molecule has 0 amide bonds. The summed E-state index contributed by atoms with van der Waals surface area (Å²) < 4.78 is 12.2. The fourth-order valence-corrected chi connectivity index (χ4v) is 2.22. The highest BCUT2D eigenvalue weighted by atomic mass is 16.5. The minimum Gasteiger partial charge on any atom is -0.457 e. The fraction of sp³-hybridized carbons (Fsp3) is 0.0667. The molecule has 0 fully saturated rings. The van der Waals surface area contributed by atoms with Crippen molar-refractivity contribution in [3.05, 3.63) is 59.9 Å². The SMILES string of the molecule is O=C1OCc2ccc(-c3ccc(/C=N\n4cnnc4)o3)cc21. The predicted octanol–water partition coefficient (Wildman–Crippen LogP) is 2.09. The molecule has 0 bridgehead atoms. The van der Waals surface area contributed by atoms with Crippen molar-refractivity contribution in [1.82, 2.24) is 14.9 Å². The quantitative estimate of drug-likeness (QED) is 0.545. The van der Waals surface area contributed by atoms with Crippen LogP contribution in [0.1, 0.15) is 21.7 Å². The molecule has 3 heterocycles. The Morgan fingerprint density at radius 1 is 1.18 bits per heavy atom. The molecular formula is C15H10N4O3. The average Bonchev–Trinajstić information content (AvgIpc) is 3.26. The Morgan fingerprint density at radius 2 is 2.05 bits per heavy atom. The minimum atomic E-state index is -0.294. The van der Waals surface area contributed by atoms with E-state index in [1.807, 2.05) is 18.2 Å². The van der Waals surface area contributed by atoms with Gasteiger partial charge in [0.25, 0.3) is 0 Å². The molecule has 7 heteroatoms. The van der Waals surface area contributed by atoms with E-state index in [2.05, 4.69) is 15.3 Å². The Labute approximate surface area is 124 Å². The van der Waals surface area contributed by atoms with Crippen LogP contribution < -0.4 is 0 Å². The molecule has 0 saturated carbocycles. The second-order valence-corrected chi connectivity index (χ2v) is 4.74. The van der Waals surface area contributed by atoms with Crippen LogP contribution in [0.4, 0.5) is 0 Å². The van der Waals surface area contributed by atoms with E-state index in [0.29, 0.717) is 23.7 Å². The summed E-state index contributed by atoms with van der Waals surface area (Å²) in [6, 6.07) is 9.19. The summed E-state index contributed by atoms with van der Waals surface area (Å²) in [6.45, 7) is 0.337. The van der Waals surface area contributed by atoms with Crippen LogP contribution in [0.3, 0.4) is 0 Å². The number of cyclic esters (lactones) is 1. The molecule has 3 aromatic rings. The van der Waals surface area contributed by atoms with Crippen molar-refractivity contribution in [3.63, 3.8) is 0 Å². The summed E-state index contributed by atoms with van der Waals surface area (Å²) in [6.07, 6.45) is 4.52.